The second-order valence-electron chi connectivity index (χ2n) is 7.74. The van der Waals surface area contributed by atoms with E-state index in [0.717, 1.165) is 29.1 Å². The number of aromatic amines is 1. The van der Waals surface area contributed by atoms with E-state index in [4.69, 9.17) is 0 Å². The summed E-state index contributed by atoms with van der Waals surface area (Å²) in [6, 6.07) is 7.14. The standard InChI is InChI=1S/C21H28N4O2/c1-13(2)12-24-9-10-25(16(5)20(24)26)21(27)18-8-6-7-17(11-18)19-14(3)22-23-15(19)4/h6-8,11,13,16H,9-10,12H2,1-5H3,(H,22,23)/t16-/m1/s1. The van der Waals surface area contributed by atoms with Gasteiger partial charge in [-0.2, -0.15) is 5.10 Å². The van der Waals surface area contributed by atoms with Crippen LogP contribution in [-0.2, 0) is 4.79 Å². The number of nitrogens with one attached hydrogen (secondary N) is 1. The maximum atomic E-state index is 13.1. The van der Waals surface area contributed by atoms with Crippen molar-refractivity contribution in [2.24, 2.45) is 5.92 Å². The van der Waals surface area contributed by atoms with Crippen LogP contribution in [0.5, 0.6) is 0 Å². The van der Waals surface area contributed by atoms with Gasteiger partial charge in [-0.3, -0.25) is 14.7 Å². The van der Waals surface area contributed by atoms with Gasteiger partial charge in [-0.15, -0.1) is 0 Å². The lowest BCUT2D eigenvalue weighted by molar-refractivity contribution is -0.140. The molecule has 2 aromatic rings. The first-order valence-electron chi connectivity index (χ1n) is 9.51. The molecule has 6 heteroatoms. The Balaban J connectivity index is 1.83. The molecule has 1 aliphatic rings. The Kier molecular flexibility index (Phi) is 5.35. The Morgan fingerprint density at radius 1 is 1.30 bits per heavy atom. The Bertz CT molecular complexity index is 836. The predicted molar refractivity (Wildman–Crippen MR) is 105 cm³/mol. The lowest BCUT2D eigenvalue weighted by Crippen LogP contribution is -2.58. The lowest BCUT2D eigenvalue weighted by Gasteiger charge is -2.39. The highest BCUT2D eigenvalue weighted by Crippen LogP contribution is 2.27. The number of benzene rings is 1. The number of carbonyl (C=O) groups excluding carboxylic acids is 2. The van der Waals surface area contributed by atoms with Crippen LogP contribution in [0.2, 0.25) is 0 Å². The second kappa shape index (κ2) is 7.55. The van der Waals surface area contributed by atoms with Gasteiger partial charge in [-0.05, 0) is 44.4 Å². The minimum Gasteiger partial charge on any atom is -0.339 e. The van der Waals surface area contributed by atoms with Crippen LogP contribution in [0.1, 0.15) is 42.5 Å². The van der Waals surface area contributed by atoms with Gasteiger partial charge in [0.15, 0.2) is 0 Å². The summed E-state index contributed by atoms with van der Waals surface area (Å²) in [7, 11) is 0. The number of hydrogen-bond acceptors (Lipinski definition) is 3. The number of aryl methyl sites for hydroxylation is 2. The molecule has 0 saturated carbocycles. The van der Waals surface area contributed by atoms with E-state index in [1.54, 1.807) is 4.90 Å². The number of carbonyl (C=O) groups is 2. The fourth-order valence-electron chi connectivity index (χ4n) is 3.78. The summed E-state index contributed by atoms with van der Waals surface area (Å²) in [6.07, 6.45) is 0. The largest absolute Gasteiger partial charge is 0.339 e. The molecule has 2 amide bonds. The van der Waals surface area contributed by atoms with Gasteiger partial charge in [0.2, 0.25) is 5.91 Å². The molecule has 1 N–H and O–H groups in total. The molecule has 1 atom stereocenters. The first-order chi connectivity index (χ1) is 12.8. The highest BCUT2D eigenvalue weighted by molar-refractivity contribution is 5.99. The molecule has 1 saturated heterocycles. The van der Waals surface area contributed by atoms with Crippen molar-refractivity contribution in [3.05, 3.63) is 41.2 Å². The first-order valence-corrected chi connectivity index (χ1v) is 9.51. The summed E-state index contributed by atoms with van der Waals surface area (Å²) in [5.74, 6) is 0.350. The average Bonchev–Trinajstić information content (AvgIpc) is 2.97. The van der Waals surface area contributed by atoms with E-state index < -0.39 is 6.04 Å². The number of hydrogen-bond donors (Lipinski definition) is 1. The maximum Gasteiger partial charge on any atom is 0.254 e. The van der Waals surface area contributed by atoms with Gasteiger partial charge >= 0.3 is 0 Å². The minimum absolute atomic E-state index is 0.0287. The summed E-state index contributed by atoms with van der Waals surface area (Å²) < 4.78 is 0. The van der Waals surface area contributed by atoms with Crippen molar-refractivity contribution in [3.8, 4) is 11.1 Å². The molecule has 1 aromatic heterocycles. The smallest absolute Gasteiger partial charge is 0.254 e. The lowest BCUT2D eigenvalue weighted by atomic mass is 10.0. The van der Waals surface area contributed by atoms with Crippen LogP contribution in [0.15, 0.2) is 24.3 Å². The van der Waals surface area contributed by atoms with E-state index in [9.17, 15) is 9.59 Å². The van der Waals surface area contributed by atoms with Crippen molar-refractivity contribution in [2.45, 2.75) is 40.7 Å². The van der Waals surface area contributed by atoms with E-state index >= 15 is 0 Å². The van der Waals surface area contributed by atoms with Crippen molar-refractivity contribution in [1.82, 2.24) is 20.0 Å². The fraction of sp³-hybridized carbons (Fsp3) is 0.476. The van der Waals surface area contributed by atoms with Crippen LogP contribution in [0.3, 0.4) is 0 Å². The number of amides is 2. The molecule has 3 rings (SSSR count). The van der Waals surface area contributed by atoms with Crippen LogP contribution in [-0.4, -0.2) is 57.5 Å². The van der Waals surface area contributed by atoms with Crippen LogP contribution >= 0.6 is 0 Å². The normalized spacial score (nSPS) is 17.7. The predicted octanol–water partition coefficient (Wildman–Crippen LogP) is 3.02. The van der Waals surface area contributed by atoms with Crippen LogP contribution in [0.25, 0.3) is 11.1 Å². The van der Waals surface area contributed by atoms with E-state index in [0.29, 0.717) is 24.6 Å². The highest BCUT2D eigenvalue weighted by atomic mass is 16.2. The Morgan fingerprint density at radius 3 is 2.67 bits per heavy atom. The third kappa shape index (κ3) is 3.75. The number of H-pyrrole nitrogens is 1. The van der Waals surface area contributed by atoms with Gasteiger partial charge in [0.1, 0.15) is 6.04 Å². The molecule has 144 valence electrons. The van der Waals surface area contributed by atoms with Crippen LogP contribution in [0, 0.1) is 19.8 Å². The van der Waals surface area contributed by atoms with Gasteiger partial charge < -0.3 is 9.80 Å². The third-order valence-electron chi connectivity index (χ3n) is 5.12. The SMILES string of the molecule is Cc1n[nH]c(C)c1-c1cccc(C(=O)N2CCN(CC(C)C)C(=O)[C@H]2C)c1. The summed E-state index contributed by atoms with van der Waals surface area (Å²) in [6.45, 7) is 11.8. The van der Waals surface area contributed by atoms with Gasteiger partial charge in [-0.1, -0.05) is 26.0 Å². The van der Waals surface area contributed by atoms with Crippen LogP contribution in [0.4, 0.5) is 0 Å². The van der Waals surface area contributed by atoms with Crippen molar-refractivity contribution >= 4 is 11.8 Å². The number of rotatable bonds is 4. The molecule has 0 spiro atoms. The fourth-order valence-corrected chi connectivity index (χ4v) is 3.78. The third-order valence-corrected chi connectivity index (χ3v) is 5.12. The average molecular weight is 368 g/mol. The zero-order chi connectivity index (χ0) is 19.7. The summed E-state index contributed by atoms with van der Waals surface area (Å²) in [5, 5.41) is 7.23. The Hall–Kier alpha value is -2.63. The summed E-state index contributed by atoms with van der Waals surface area (Å²) >= 11 is 0. The van der Waals surface area contributed by atoms with E-state index in [2.05, 4.69) is 24.0 Å². The quantitative estimate of drug-likeness (QED) is 0.902. The Morgan fingerprint density at radius 2 is 2.04 bits per heavy atom. The molecule has 1 fully saturated rings. The summed E-state index contributed by atoms with van der Waals surface area (Å²) in [5.41, 5.74) is 4.47. The van der Waals surface area contributed by atoms with E-state index in [1.807, 2.05) is 49.9 Å². The Labute approximate surface area is 160 Å². The molecule has 1 aliphatic heterocycles. The van der Waals surface area contributed by atoms with Crippen molar-refractivity contribution in [3.63, 3.8) is 0 Å². The molecular weight excluding hydrogens is 340 g/mol. The van der Waals surface area contributed by atoms with Crippen molar-refractivity contribution in [1.29, 1.82) is 0 Å². The highest BCUT2D eigenvalue weighted by Gasteiger charge is 2.34. The molecule has 27 heavy (non-hydrogen) atoms. The van der Waals surface area contributed by atoms with Gasteiger partial charge in [0.05, 0.1) is 5.69 Å². The number of nitrogens with zero attached hydrogens (tertiary/aromatic N) is 3. The molecule has 0 aliphatic carbocycles. The molecule has 0 bridgehead atoms. The first kappa shape index (κ1) is 19.1. The second-order valence-corrected chi connectivity index (χ2v) is 7.74. The van der Waals surface area contributed by atoms with Crippen LogP contribution < -0.4 is 0 Å². The number of piperazine rings is 1. The molecule has 1 aromatic carbocycles. The monoisotopic (exact) mass is 368 g/mol. The zero-order valence-corrected chi connectivity index (χ0v) is 16.7. The molecule has 2 heterocycles. The van der Waals surface area contributed by atoms with Crippen molar-refractivity contribution in [2.75, 3.05) is 19.6 Å². The molecule has 0 unspecified atom stereocenters. The summed E-state index contributed by atoms with van der Waals surface area (Å²) in [4.78, 5) is 29.3. The van der Waals surface area contributed by atoms with Gasteiger partial charge in [0, 0.05) is 36.5 Å². The van der Waals surface area contributed by atoms with Crippen molar-refractivity contribution < 1.29 is 9.59 Å². The van der Waals surface area contributed by atoms with E-state index in [1.165, 1.54) is 0 Å². The minimum atomic E-state index is -0.439. The molecule has 0 radical (unpaired) electrons. The molecule has 6 nitrogen and oxygen atoms in total. The van der Waals surface area contributed by atoms with E-state index in [-0.39, 0.29) is 11.8 Å². The maximum absolute atomic E-state index is 13.1. The zero-order valence-electron chi connectivity index (χ0n) is 16.7. The van der Waals surface area contributed by atoms with Gasteiger partial charge in [0.25, 0.3) is 5.91 Å². The van der Waals surface area contributed by atoms with Gasteiger partial charge in [-0.25, -0.2) is 0 Å². The topological polar surface area (TPSA) is 69.3 Å². The number of aromatic nitrogens is 2. The molecular formula is C21H28N4O2.